The third-order valence-electron chi connectivity index (χ3n) is 2.31. The van der Waals surface area contributed by atoms with Gasteiger partial charge in [0.25, 0.3) is 0 Å². The van der Waals surface area contributed by atoms with E-state index < -0.39 is 0 Å². The summed E-state index contributed by atoms with van der Waals surface area (Å²) in [6.45, 7) is 0. The van der Waals surface area contributed by atoms with E-state index in [0.717, 1.165) is 11.1 Å². The zero-order chi connectivity index (χ0) is 11.5. The van der Waals surface area contributed by atoms with Crippen LogP contribution in [0.25, 0.3) is 0 Å². The Bertz CT molecular complexity index is 486. The van der Waals surface area contributed by atoms with Crippen molar-refractivity contribution >= 4 is 15.9 Å². The Labute approximate surface area is 101 Å². The first-order chi connectivity index (χ1) is 7.72. The van der Waals surface area contributed by atoms with Gasteiger partial charge in [0.05, 0.1) is 18.5 Å². The summed E-state index contributed by atoms with van der Waals surface area (Å²) in [6.07, 6.45) is 4.39. The molecule has 3 nitrogen and oxygen atoms in total. The second-order valence-corrected chi connectivity index (χ2v) is 4.03. The Morgan fingerprint density at radius 1 is 1.50 bits per heavy atom. The molecule has 5 heteroatoms. The van der Waals surface area contributed by atoms with Crippen LogP contribution in [0.2, 0.25) is 0 Å². The van der Waals surface area contributed by atoms with Gasteiger partial charge in [-0.1, -0.05) is 0 Å². The van der Waals surface area contributed by atoms with Crippen molar-refractivity contribution in [3.63, 3.8) is 0 Å². The van der Waals surface area contributed by atoms with Crippen LogP contribution in [0.3, 0.4) is 0 Å². The number of furan rings is 1. The predicted octanol–water partition coefficient (Wildman–Crippen LogP) is 2.89. The lowest BCUT2D eigenvalue weighted by Crippen LogP contribution is -2.17. The smallest absolute Gasteiger partial charge is 0.174 e. The van der Waals surface area contributed by atoms with Crippen molar-refractivity contribution in [2.24, 2.45) is 0 Å². The van der Waals surface area contributed by atoms with Gasteiger partial charge in [-0.2, -0.15) is 0 Å². The molecule has 2 rings (SSSR count). The van der Waals surface area contributed by atoms with Crippen LogP contribution < -0.4 is 5.32 Å². The molecule has 0 aliphatic carbocycles. The van der Waals surface area contributed by atoms with E-state index in [9.17, 15) is 4.39 Å². The maximum absolute atomic E-state index is 13.1. The van der Waals surface area contributed by atoms with E-state index in [2.05, 4.69) is 26.2 Å². The zero-order valence-corrected chi connectivity index (χ0v) is 10.2. The monoisotopic (exact) mass is 284 g/mol. The van der Waals surface area contributed by atoms with E-state index in [-0.39, 0.29) is 11.9 Å². The topological polar surface area (TPSA) is 38.1 Å². The molecular formula is C11H10BrFN2O. The number of hydrogen-bond donors (Lipinski definition) is 1. The minimum absolute atomic E-state index is 0.142. The fraction of sp³-hybridized carbons (Fsp3) is 0.182. The van der Waals surface area contributed by atoms with Gasteiger partial charge in [-0.3, -0.25) is 4.98 Å². The molecule has 0 saturated heterocycles. The highest BCUT2D eigenvalue weighted by Crippen LogP contribution is 2.29. The molecule has 0 amide bonds. The van der Waals surface area contributed by atoms with Crippen LogP contribution in [0.5, 0.6) is 0 Å². The molecule has 84 valence electrons. The molecule has 0 fully saturated rings. The van der Waals surface area contributed by atoms with Crippen LogP contribution in [0, 0.1) is 5.82 Å². The molecule has 2 aromatic rings. The fourth-order valence-electron chi connectivity index (χ4n) is 1.60. The Morgan fingerprint density at radius 2 is 2.31 bits per heavy atom. The van der Waals surface area contributed by atoms with Crippen molar-refractivity contribution in [3.8, 4) is 0 Å². The second kappa shape index (κ2) is 4.76. The van der Waals surface area contributed by atoms with Crippen LogP contribution in [0.1, 0.15) is 17.2 Å². The van der Waals surface area contributed by atoms with Crippen LogP contribution in [0.4, 0.5) is 4.39 Å². The zero-order valence-electron chi connectivity index (χ0n) is 8.58. The molecule has 0 aromatic carbocycles. The first-order valence-electron chi connectivity index (χ1n) is 4.73. The number of nitrogens with zero attached hydrogens (tertiary/aromatic N) is 1. The van der Waals surface area contributed by atoms with Crippen LogP contribution in [-0.4, -0.2) is 12.0 Å². The van der Waals surface area contributed by atoms with Crippen LogP contribution in [0.15, 0.2) is 39.9 Å². The van der Waals surface area contributed by atoms with Gasteiger partial charge in [0.1, 0.15) is 5.82 Å². The highest BCUT2D eigenvalue weighted by atomic mass is 79.9. The Kier molecular flexibility index (Phi) is 3.36. The molecule has 0 saturated carbocycles. The molecule has 1 unspecified atom stereocenters. The fourth-order valence-corrected chi connectivity index (χ4v) is 2.07. The predicted molar refractivity (Wildman–Crippen MR) is 61.5 cm³/mol. The standard InChI is InChI=1S/C11H10BrFN2O/c1-14-10(9-2-3-16-11(9)12)7-4-8(13)6-15-5-7/h2-6,10,14H,1H3. The molecule has 2 heterocycles. The quantitative estimate of drug-likeness (QED) is 0.942. The molecule has 0 aliphatic rings. The van der Waals surface area contributed by atoms with Crippen LogP contribution >= 0.6 is 15.9 Å². The first kappa shape index (κ1) is 11.3. The number of halogens is 2. The number of nitrogens with one attached hydrogen (secondary N) is 1. The summed E-state index contributed by atoms with van der Waals surface area (Å²) in [6, 6.07) is 3.14. The average Bonchev–Trinajstić information content (AvgIpc) is 2.67. The number of aromatic nitrogens is 1. The summed E-state index contributed by atoms with van der Waals surface area (Å²) in [4.78, 5) is 3.83. The van der Waals surface area contributed by atoms with Crippen molar-refractivity contribution in [2.75, 3.05) is 7.05 Å². The van der Waals surface area contributed by atoms with Crippen molar-refractivity contribution in [2.45, 2.75) is 6.04 Å². The maximum atomic E-state index is 13.1. The van der Waals surface area contributed by atoms with Crippen molar-refractivity contribution in [3.05, 3.63) is 52.4 Å². The Hall–Kier alpha value is -1.20. The summed E-state index contributed by atoms with van der Waals surface area (Å²) in [7, 11) is 1.80. The number of rotatable bonds is 3. The lowest BCUT2D eigenvalue weighted by atomic mass is 10.0. The summed E-state index contributed by atoms with van der Waals surface area (Å²) in [5, 5.41) is 3.09. The Balaban J connectivity index is 2.40. The highest BCUT2D eigenvalue weighted by Gasteiger charge is 2.17. The molecule has 0 bridgehead atoms. The van der Waals surface area contributed by atoms with Gasteiger partial charge in [-0.25, -0.2) is 4.39 Å². The van der Waals surface area contributed by atoms with Crippen LogP contribution in [-0.2, 0) is 0 Å². The van der Waals surface area contributed by atoms with Crippen molar-refractivity contribution in [1.82, 2.24) is 10.3 Å². The largest absolute Gasteiger partial charge is 0.457 e. The van der Waals surface area contributed by atoms with E-state index >= 15 is 0 Å². The van der Waals surface area contributed by atoms with E-state index in [1.807, 2.05) is 6.07 Å². The first-order valence-corrected chi connectivity index (χ1v) is 5.52. The average molecular weight is 285 g/mol. The van der Waals surface area contributed by atoms with Crippen molar-refractivity contribution < 1.29 is 8.81 Å². The minimum Gasteiger partial charge on any atom is -0.457 e. The maximum Gasteiger partial charge on any atom is 0.174 e. The molecule has 1 atom stereocenters. The third kappa shape index (κ3) is 2.15. The lowest BCUT2D eigenvalue weighted by molar-refractivity contribution is 0.529. The normalized spacial score (nSPS) is 12.7. The molecule has 0 radical (unpaired) electrons. The summed E-state index contributed by atoms with van der Waals surface area (Å²) < 4.78 is 18.9. The minimum atomic E-state index is -0.350. The summed E-state index contributed by atoms with van der Waals surface area (Å²) in [5.41, 5.74) is 1.67. The molecule has 1 N–H and O–H groups in total. The van der Waals surface area contributed by atoms with Crippen molar-refractivity contribution in [1.29, 1.82) is 0 Å². The van der Waals surface area contributed by atoms with Gasteiger partial charge in [-0.15, -0.1) is 0 Å². The SMILES string of the molecule is CNC(c1cncc(F)c1)c1ccoc1Br. The van der Waals surface area contributed by atoms with E-state index in [0.29, 0.717) is 4.67 Å². The van der Waals surface area contributed by atoms with E-state index in [1.54, 1.807) is 19.5 Å². The summed E-state index contributed by atoms with van der Waals surface area (Å²) >= 11 is 3.30. The molecule has 0 aliphatic heterocycles. The molecule has 0 spiro atoms. The van der Waals surface area contributed by atoms with Gasteiger partial charge in [0.15, 0.2) is 4.67 Å². The molecule has 16 heavy (non-hydrogen) atoms. The van der Waals surface area contributed by atoms with Gasteiger partial charge in [0, 0.05) is 11.8 Å². The third-order valence-corrected chi connectivity index (χ3v) is 2.95. The lowest BCUT2D eigenvalue weighted by Gasteiger charge is -2.15. The van der Waals surface area contributed by atoms with E-state index in [4.69, 9.17) is 4.42 Å². The molecule has 2 aromatic heterocycles. The van der Waals surface area contributed by atoms with E-state index in [1.165, 1.54) is 12.3 Å². The van der Waals surface area contributed by atoms with Gasteiger partial charge < -0.3 is 9.73 Å². The Morgan fingerprint density at radius 3 is 2.88 bits per heavy atom. The second-order valence-electron chi connectivity index (χ2n) is 3.31. The number of hydrogen-bond acceptors (Lipinski definition) is 3. The highest BCUT2D eigenvalue weighted by molar-refractivity contribution is 9.10. The summed E-state index contributed by atoms with van der Waals surface area (Å²) in [5.74, 6) is -0.350. The molecular weight excluding hydrogens is 275 g/mol. The van der Waals surface area contributed by atoms with Gasteiger partial charge >= 0.3 is 0 Å². The number of pyridine rings is 1. The van der Waals surface area contributed by atoms with Gasteiger partial charge in [0.2, 0.25) is 0 Å². The van der Waals surface area contributed by atoms with Gasteiger partial charge in [-0.05, 0) is 40.7 Å².